The number of benzene rings is 2. The highest BCUT2D eigenvalue weighted by Crippen LogP contribution is 2.49. The number of nitrogens with zero attached hydrogens (tertiary/aromatic N) is 2. The molecule has 2 aliphatic rings. The summed E-state index contributed by atoms with van der Waals surface area (Å²) < 4.78 is 5.35. The standard InChI is InChI=1S/C30H29N3O3S/c1-19-7-8-21(36-2)18-23(19)28(34)32-30(11-12-30)24-16-20(17-25-22(24)6-5-13-31-25)26-9-10-27(37-26)29(35)33-14-3-4-15-33/h5-10,13,16-18H,3-4,11-12,14-15H2,1-2H3,(H,32,34). The molecule has 188 valence electrons. The number of likely N-dealkylation sites (tertiary alicyclic amines) is 1. The summed E-state index contributed by atoms with van der Waals surface area (Å²) in [5.41, 5.74) is 4.05. The van der Waals surface area contributed by atoms with Crippen LogP contribution < -0.4 is 10.1 Å². The first-order chi connectivity index (χ1) is 18.0. The van der Waals surface area contributed by atoms with Crippen LogP contribution in [-0.2, 0) is 5.54 Å². The normalized spacial score (nSPS) is 16.1. The zero-order chi connectivity index (χ0) is 25.6. The SMILES string of the molecule is COc1ccc(C)c(C(=O)NC2(c3cc(-c4ccc(C(=O)N5CCCC5)s4)cc4ncccc34)CC2)c1. The first kappa shape index (κ1) is 23.7. The van der Waals surface area contributed by atoms with Gasteiger partial charge >= 0.3 is 0 Å². The summed E-state index contributed by atoms with van der Waals surface area (Å²) in [7, 11) is 1.61. The van der Waals surface area contributed by atoms with E-state index in [2.05, 4.69) is 28.5 Å². The lowest BCUT2D eigenvalue weighted by Gasteiger charge is -2.22. The molecule has 0 spiro atoms. The molecule has 0 atom stereocenters. The van der Waals surface area contributed by atoms with Crippen LogP contribution in [0.3, 0.4) is 0 Å². The lowest BCUT2D eigenvalue weighted by atomic mass is 9.95. The van der Waals surface area contributed by atoms with Crippen LogP contribution in [0.2, 0.25) is 0 Å². The summed E-state index contributed by atoms with van der Waals surface area (Å²) in [6, 6.07) is 17.8. The number of methoxy groups -OCH3 is 1. The number of aromatic nitrogens is 1. The molecule has 1 saturated carbocycles. The number of hydrogen-bond donors (Lipinski definition) is 1. The summed E-state index contributed by atoms with van der Waals surface area (Å²) in [6.07, 6.45) is 5.67. The molecule has 1 saturated heterocycles. The summed E-state index contributed by atoms with van der Waals surface area (Å²) >= 11 is 1.53. The number of rotatable bonds is 6. The van der Waals surface area contributed by atoms with Crippen molar-refractivity contribution in [2.75, 3.05) is 20.2 Å². The molecule has 6 nitrogen and oxygen atoms in total. The third kappa shape index (κ3) is 4.37. The van der Waals surface area contributed by atoms with Gasteiger partial charge in [-0.15, -0.1) is 11.3 Å². The van der Waals surface area contributed by atoms with Gasteiger partial charge in [-0.3, -0.25) is 14.6 Å². The number of pyridine rings is 1. The fourth-order valence-electron chi connectivity index (χ4n) is 5.25. The first-order valence-electron chi connectivity index (χ1n) is 12.7. The molecule has 2 aromatic carbocycles. The number of carbonyl (C=O) groups excluding carboxylic acids is 2. The lowest BCUT2D eigenvalue weighted by Crippen LogP contribution is -2.35. The second kappa shape index (κ2) is 9.30. The molecule has 0 radical (unpaired) electrons. The Labute approximate surface area is 220 Å². The van der Waals surface area contributed by atoms with E-state index in [1.807, 2.05) is 42.2 Å². The fraction of sp³-hybridized carbons (Fsp3) is 0.300. The van der Waals surface area contributed by atoms with Crippen LogP contribution in [0.1, 0.15) is 56.8 Å². The minimum absolute atomic E-state index is 0.106. The van der Waals surface area contributed by atoms with Gasteiger partial charge in [0.05, 0.1) is 23.0 Å². The van der Waals surface area contributed by atoms with E-state index in [-0.39, 0.29) is 11.8 Å². The highest BCUT2D eigenvalue weighted by atomic mass is 32.1. The molecule has 1 N–H and O–H groups in total. The summed E-state index contributed by atoms with van der Waals surface area (Å²) in [5.74, 6) is 0.674. The van der Waals surface area contributed by atoms with E-state index in [0.29, 0.717) is 11.3 Å². The number of amides is 2. The highest BCUT2D eigenvalue weighted by Gasteiger charge is 2.47. The third-order valence-electron chi connectivity index (χ3n) is 7.52. The van der Waals surface area contributed by atoms with E-state index in [9.17, 15) is 9.59 Å². The van der Waals surface area contributed by atoms with Crippen molar-refractivity contribution in [2.24, 2.45) is 0 Å². The maximum atomic E-state index is 13.4. The monoisotopic (exact) mass is 511 g/mol. The van der Waals surface area contributed by atoms with Gasteiger partial charge in [0.25, 0.3) is 11.8 Å². The third-order valence-corrected chi connectivity index (χ3v) is 8.65. The van der Waals surface area contributed by atoms with Gasteiger partial charge in [-0.2, -0.15) is 0 Å². The van der Waals surface area contributed by atoms with E-state index in [1.54, 1.807) is 19.4 Å². The predicted octanol–water partition coefficient (Wildman–Crippen LogP) is 5.94. The second-order valence-corrected chi connectivity index (χ2v) is 11.1. The van der Waals surface area contributed by atoms with E-state index in [1.165, 1.54) is 11.3 Å². The zero-order valence-electron chi connectivity index (χ0n) is 21.0. The van der Waals surface area contributed by atoms with Gasteiger partial charge in [0, 0.05) is 35.1 Å². The molecule has 3 heterocycles. The molecular weight excluding hydrogens is 482 g/mol. The van der Waals surface area contributed by atoms with Crippen LogP contribution in [0.25, 0.3) is 21.3 Å². The molecule has 7 heteroatoms. The van der Waals surface area contributed by atoms with Crippen molar-refractivity contribution in [1.29, 1.82) is 0 Å². The molecule has 0 bridgehead atoms. The molecule has 1 aliphatic heterocycles. The molecule has 2 fully saturated rings. The van der Waals surface area contributed by atoms with Gasteiger partial charge in [0.15, 0.2) is 0 Å². The van der Waals surface area contributed by atoms with Gasteiger partial charge in [-0.25, -0.2) is 0 Å². The Hall–Kier alpha value is -3.71. The van der Waals surface area contributed by atoms with Gasteiger partial charge in [0.1, 0.15) is 5.75 Å². The van der Waals surface area contributed by atoms with Crippen molar-refractivity contribution in [3.63, 3.8) is 0 Å². The van der Waals surface area contributed by atoms with Crippen LogP contribution in [0.4, 0.5) is 0 Å². The van der Waals surface area contributed by atoms with Crippen LogP contribution in [0.15, 0.2) is 60.8 Å². The number of nitrogens with one attached hydrogen (secondary N) is 1. The van der Waals surface area contributed by atoms with Gasteiger partial charge in [-0.05, 0) is 91.8 Å². The molecule has 0 unspecified atom stereocenters. The lowest BCUT2D eigenvalue weighted by molar-refractivity contribution is 0.0797. The molecule has 2 amide bonds. The smallest absolute Gasteiger partial charge is 0.263 e. The number of fused-ring (bicyclic) bond motifs is 1. The number of aryl methyl sites for hydroxylation is 1. The van der Waals surface area contributed by atoms with Crippen LogP contribution >= 0.6 is 11.3 Å². The van der Waals surface area contributed by atoms with Crippen molar-refractivity contribution in [3.8, 4) is 16.2 Å². The van der Waals surface area contributed by atoms with E-state index >= 15 is 0 Å². The Morgan fingerprint density at radius 2 is 1.86 bits per heavy atom. The topological polar surface area (TPSA) is 71.5 Å². The Balaban J connectivity index is 1.36. The minimum atomic E-state index is -0.449. The molecule has 4 aromatic rings. The Kier molecular flexibility index (Phi) is 5.95. The van der Waals surface area contributed by atoms with E-state index < -0.39 is 5.54 Å². The van der Waals surface area contributed by atoms with Crippen molar-refractivity contribution < 1.29 is 14.3 Å². The fourth-order valence-corrected chi connectivity index (χ4v) is 6.21. The Bertz CT molecular complexity index is 1520. The summed E-state index contributed by atoms with van der Waals surface area (Å²) in [5, 5.41) is 4.38. The number of carbonyl (C=O) groups is 2. The van der Waals surface area contributed by atoms with E-state index in [4.69, 9.17) is 4.74 Å². The Morgan fingerprint density at radius 3 is 2.62 bits per heavy atom. The summed E-state index contributed by atoms with van der Waals surface area (Å²) in [6.45, 7) is 3.61. The predicted molar refractivity (Wildman–Crippen MR) is 146 cm³/mol. The zero-order valence-corrected chi connectivity index (χ0v) is 21.9. The van der Waals surface area contributed by atoms with Crippen LogP contribution in [0.5, 0.6) is 5.75 Å². The second-order valence-electron chi connectivity index (χ2n) is 9.97. The number of ether oxygens (including phenoxy) is 1. The van der Waals surface area contributed by atoms with Crippen molar-refractivity contribution in [2.45, 2.75) is 38.1 Å². The first-order valence-corrected chi connectivity index (χ1v) is 13.5. The quantitative estimate of drug-likeness (QED) is 0.348. The van der Waals surface area contributed by atoms with Crippen molar-refractivity contribution >= 4 is 34.1 Å². The molecule has 1 aliphatic carbocycles. The Morgan fingerprint density at radius 1 is 1.05 bits per heavy atom. The average Bonchev–Trinajstić information content (AvgIpc) is 3.30. The van der Waals surface area contributed by atoms with Gasteiger partial charge in [0.2, 0.25) is 0 Å². The largest absolute Gasteiger partial charge is 0.497 e. The number of hydrogen-bond acceptors (Lipinski definition) is 5. The van der Waals surface area contributed by atoms with Gasteiger partial charge in [-0.1, -0.05) is 12.1 Å². The van der Waals surface area contributed by atoms with Crippen molar-refractivity contribution in [3.05, 3.63) is 82.4 Å². The van der Waals surface area contributed by atoms with Gasteiger partial charge < -0.3 is 15.0 Å². The molecule has 6 rings (SSSR count). The molecular formula is C30H29N3O3S. The van der Waals surface area contributed by atoms with E-state index in [0.717, 1.165) is 76.1 Å². The highest BCUT2D eigenvalue weighted by molar-refractivity contribution is 7.17. The van der Waals surface area contributed by atoms with Crippen molar-refractivity contribution in [1.82, 2.24) is 15.2 Å². The summed E-state index contributed by atoms with van der Waals surface area (Å²) in [4.78, 5) is 34.8. The van der Waals surface area contributed by atoms with Crippen LogP contribution in [-0.4, -0.2) is 41.9 Å². The number of thiophene rings is 1. The maximum Gasteiger partial charge on any atom is 0.263 e. The molecule has 37 heavy (non-hydrogen) atoms. The maximum absolute atomic E-state index is 13.4. The molecule has 2 aromatic heterocycles. The average molecular weight is 512 g/mol. The minimum Gasteiger partial charge on any atom is -0.497 e. The van der Waals surface area contributed by atoms with Crippen LogP contribution in [0, 0.1) is 6.92 Å².